The maximum Gasteiger partial charge on any atom is 0.331 e. The second-order valence-electron chi connectivity index (χ2n) is 7.72. The van der Waals surface area contributed by atoms with Crippen LogP contribution in [0.2, 0.25) is 5.02 Å². The fourth-order valence-corrected chi connectivity index (χ4v) is 3.81. The molecule has 31 heavy (non-hydrogen) atoms. The molecule has 3 rings (SSSR count). The topological polar surface area (TPSA) is 55.1 Å². The SMILES string of the molecule is CCCCCCc1ncc(C=C(Cc2ccccc2)C(=O)O)n1Cc1ccccc1Cl. The van der Waals surface area contributed by atoms with Crippen molar-refractivity contribution < 1.29 is 9.90 Å². The molecule has 3 aromatic rings. The molecule has 0 aliphatic carbocycles. The van der Waals surface area contributed by atoms with E-state index in [-0.39, 0.29) is 0 Å². The molecule has 0 aliphatic rings. The molecular formula is C26H29ClN2O2. The summed E-state index contributed by atoms with van der Waals surface area (Å²) >= 11 is 6.41. The largest absolute Gasteiger partial charge is 0.478 e. The van der Waals surface area contributed by atoms with E-state index < -0.39 is 5.97 Å². The van der Waals surface area contributed by atoms with Crippen molar-refractivity contribution in [1.82, 2.24) is 9.55 Å². The van der Waals surface area contributed by atoms with Crippen molar-refractivity contribution in [1.29, 1.82) is 0 Å². The number of unbranched alkanes of at least 4 members (excludes halogenated alkanes) is 3. The Kier molecular flexibility index (Phi) is 8.48. The number of hydrogen-bond acceptors (Lipinski definition) is 2. The molecule has 1 heterocycles. The molecule has 0 spiro atoms. The van der Waals surface area contributed by atoms with E-state index >= 15 is 0 Å². The highest BCUT2D eigenvalue weighted by Gasteiger charge is 2.14. The summed E-state index contributed by atoms with van der Waals surface area (Å²) < 4.78 is 2.10. The Balaban J connectivity index is 1.93. The normalized spacial score (nSPS) is 11.6. The van der Waals surface area contributed by atoms with Gasteiger partial charge in [0.05, 0.1) is 18.4 Å². The second kappa shape index (κ2) is 11.5. The molecule has 0 fully saturated rings. The van der Waals surface area contributed by atoms with Crippen LogP contribution in [0.4, 0.5) is 0 Å². The maximum absolute atomic E-state index is 12.0. The van der Waals surface area contributed by atoms with Crippen molar-refractivity contribution in [2.45, 2.75) is 52.0 Å². The minimum absolute atomic E-state index is 0.337. The van der Waals surface area contributed by atoms with Gasteiger partial charge in [0.15, 0.2) is 0 Å². The van der Waals surface area contributed by atoms with E-state index in [1.807, 2.05) is 54.6 Å². The number of aliphatic carboxylic acids is 1. The molecular weight excluding hydrogens is 408 g/mol. The number of benzene rings is 2. The summed E-state index contributed by atoms with van der Waals surface area (Å²) in [6.07, 6.45) is 9.36. The van der Waals surface area contributed by atoms with Gasteiger partial charge in [-0.3, -0.25) is 0 Å². The van der Waals surface area contributed by atoms with Crippen LogP contribution in [-0.4, -0.2) is 20.6 Å². The van der Waals surface area contributed by atoms with Crippen molar-refractivity contribution in [2.24, 2.45) is 0 Å². The summed E-state index contributed by atoms with van der Waals surface area (Å²) in [5, 5.41) is 10.5. The molecule has 0 bridgehead atoms. The number of aryl methyl sites for hydroxylation is 1. The van der Waals surface area contributed by atoms with E-state index in [1.165, 1.54) is 12.8 Å². The summed E-state index contributed by atoms with van der Waals surface area (Å²) in [4.78, 5) is 16.6. The Bertz CT molecular complexity index is 1020. The summed E-state index contributed by atoms with van der Waals surface area (Å²) in [6, 6.07) is 17.4. The number of carboxylic acid groups (broad SMARTS) is 1. The Morgan fingerprint density at radius 3 is 2.52 bits per heavy atom. The Morgan fingerprint density at radius 1 is 1.06 bits per heavy atom. The number of halogens is 1. The fourth-order valence-electron chi connectivity index (χ4n) is 3.62. The number of carboxylic acids is 1. The van der Waals surface area contributed by atoms with Crippen LogP contribution < -0.4 is 0 Å². The van der Waals surface area contributed by atoms with Crippen molar-refractivity contribution in [3.8, 4) is 0 Å². The minimum Gasteiger partial charge on any atom is -0.478 e. The molecule has 162 valence electrons. The molecule has 5 heteroatoms. The van der Waals surface area contributed by atoms with Gasteiger partial charge in [0.1, 0.15) is 5.82 Å². The van der Waals surface area contributed by atoms with E-state index in [9.17, 15) is 9.90 Å². The lowest BCUT2D eigenvalue weighted by Crippen LogP contribution is -2.09. The van der Waals surface area contributed by atoms with Crippen LogP contribution in [0.1, 0.15) is 55.3 Å². The molecule has 0 aliphatic heterocycles. The quantitative estimate of drug-likeness (QED) is 0.279. The third-order valence-corrected chi connectivity index (χ3v) is 5.71. The van der Waals surface area contributed by atoms with Crippen LogP contribution in [0.25, 0.3) is 6.08 Å². The predicted molar refractivity (Wildman–Crippen MR) is 126 cm³/mol. The third kappa shape index (κ3) is 6.56. The number of nitrogens with zero attached hydrogens (tertiary/aromatic N) is 2. The standard InChI is InChI=1S/C26H29ClN2O2/c1-2-3-4-8-15-25-28-18-23(29(25)19-21-13-9-10-14-24(21)27)17-22(26(30)31)16-20-11-6-5-7-12-20/h5-7,9-14,17-18H,2-4,8,15-16,19H2,1H3,(H,30,31). The zero-order valence-electron chi connectivity index (χ0n) is 17.9. The number of carbonyl (C=O) groups is 1. The van der Waals surface area contributed by atoms with Crippen LogP contribution in [-0.2, 0) is 24.2 Å². The van der Waals surface area contributed by atoms with Gasteiger partial charge in [-0.25, -0.2) is 9.78 Å². The Morgan fingerprint density at radius 2 is 1.81 bits per heavy atom. The molecule has 0 saturated heterocycles. The molecule has 0 atom stereocenters. The van der Waals surface area contributed by atoms with Gasteiger partial charge < -0.3 is 9.67 Å². The average molecular weight is 437 g/mol. The monoisotopic (exact) mass is 436 g/mol. The van der Waals surface area contributed by atoms with Crippen LogP contribution in [0, 0.1) is 0 Å². The van der Waals surface area contributed by atoms with Gasteiger partial charge in [-0.2, -0.15) is 0 Å². The van der Waals surface area contributed by atoms with Crippen molar-refractivity contribution in [3.63, 3.8) is 0 Å². The van der Waals surface area contributed by atoms with E-state index in [4.69, 9.17) is 11.6 Å². The summed E-state index contributed by atoms with van der Waals surface area (Å²) in [6.45, 7) is 2.76. The summed E-state index contributed by atoms with van der Waals surface area (Å²) in [7, 11) is 0. The van der Waals surface area contributed by atoms with Crippen LogP contribution in [0.5, 0.6) is 0 Å². The van der Waals surface area contributed by atoms with Gasteiger partial charge in [-0.1, -0.05) is 86.3 Å². The van der Waals surface area contributed by atoms with Gasteiger partial charge in [-0.15, -0.1) is 0 Å². The maximum atomic E-state index is 12.0. The molecule has 2 aromatic carbocycles. The van der Waals surface area contributed by atoms with Crippen molar-refractivity contribution in [2.75, 3.05) is 0 Å². The number of hydrogen-bond donors (Lipinski definition) is 1. The average Bonchev–Trinajstić information content (AvgIpc) is 3.14. The molecule has 1 aromatic heterocycles. The molecule has 0 amide bonds. The van der Waals surface area contributed by atoms with Crippen molar-refractivity contribution in [3.05, 3.63) is 94.0 Å². The molecule has 0 unspecified atom stereocenters. The zero-order valence-corrected chi connectivity index (χ0v) is 18.7. The minimum atomic E-state index is -0.918. The van der Waals surface area contributed by atoms with Crippen LogP contribution in [0.3, 0.4) is 0 Å². The smallest absolute Gasteiger partial charge is 0.331 e. The Hall–Kier alpha value is -2.85. The van der Waals surface area contributed by atoms with E-state index in [1.54, 1.807) is 12.3 Å². The number of imidazole rings is 1. The van der Waals surface area contributed by atoms with Gasteiger partial charge in [-0.05, 0) is 29.7 Å². The highest BCUT2D eigenvalue weighted by molar-refractivity contribution is 6.31. The molecule has 0 radical (unpaired) electrons. The first-order chi connectivity index (χ1) is 15.1. The van der Waals surface area contributed by atoms with E-state index in [2.05, 4.69) is 16.5 Å². The lowest BCUT2D eigenvalue weighted by Gasteiger charge is -2.13. The second-order valence-corrected chi connectivity index (χ2v) is 8.13. The lowest BCUT2D eigenvalue weighted by molar-refractivity contribution is -0.132. The number of aromatic nitrogens is 2. The zero-order chi connectivity index (χ0) is 22.1. The van der Waals surface area contributed by atoms with Gasteiger partial charge in [0.25, 0.3) is 0 Å². The molecule has 0 saturated carbocycles. The third-order valence-electron chi connectivity index (χ3n) is 5.34. The Labute approximate surface area is 189 Å². The highest BCUT2D eigenvalue weighted by Crippen LogP contribution is 2.21. The van der Waals surface area contributed by atoms with E-state index in [0.29, 0.717) is 23.6 Å². The van der Waals surface area contributed by atoms with Gasteiger partial charge in [0, 0.05) is 23.4 Å². The summed E-state index contributed by atoms with van der Waals surface area (Å²) in [5.74, 6) is 0.0468. The van der Waals surface area contributed by atoms with Gasteiger partial charge >= 0.3 is 5.97 Å². The van der Waals surface area contributed by atoms with E-state index in [0.717, 1.165) is 41.9 Å². The van der Waals surface area contributed by atoms with Crippen LogP contribution >= 0.6 is 11.6 Å². The van der Waals surface area contributed by atoms with Gasteiger partial charge in [0.2, 0.25) is 0 Å². The molecule has 4 nitrogen and oxygen atoms in total. The first-order valence-corrected chi connectivity index (χ1v) is 11.2. The summed E-state index contributed by atoms with van der Waals surface area (Å²) in [5.41, 5.74) is 3.09. The number of rotatable bonds is 11. The van der Waals surface area contributed by atoms with Crippen molar-refractivity contribution >= 4 is 23.6 Å². The predicted octanol–water partition coefficient (Wildman–Crippen LogP) is 6.42. The first kappa shape index (κ1) is 22.8. The highest BCUT2D eigenvalue weighted by atomic mass is 35.5. The first-order valence-electron chi connectivity index (χ1n) is 10.8. The lowest BCUT2D eigenvalue weighted by atomic mass is 10.0. The molecule has 1 N–H and O–H groups in total. The van der Waals surface area contributed by atoms with Crippen LogP contribution in [0.15, 0.2) is 66.4 Å². The fraction of sp³-hybridized carbons (Fsp3) is 0.308.